The minimum Gasteiger partial charge on any atom is -0.497 e. The molecular formula is C21H20FN5O2. The van der Waals surface area contributed by atoms with Gasteiger partial charge >= 0.3 is 0 Å². The number of halogens is 1. The van der Waals surface area contributed by atoms with E-state index >= 15 is 0 Å². The van der Waals surface area contributed by atoms with Crippen molar-refractivity contribution in [3.8, 4) is 22.9 Å². The van der Waals surface area contributed by atoms with Gasteiger partial charge in [-0.15, -0.1) is 15.3 Å². The molecule has 2 aromatic heterocycles. The minimum absolute atomic E-state index is 0.300. The number of hydrogen-bond acceptors (Lipinski definition) is 6. The van der Waals surface area contributed by atoms with E-state index in [2.05, 4.69) is 20.6 Å². The Bertz CT molecular complexity index is 1130. The Labute approximate surface area is 167 Å². The van der Waals surface area contributed by atoms with Crippen LogP contribution in [-0.4, -0.2) is 40.6 Å². The van der Waals surface area contributed by atoms with Gasteiger partial charge in [0.05, 0.1) is 14.2 Å². The Balaban J connectivity index is 1.52. The number of rotatable bonds is 7. The zero-order valence-electron chi connectivity index (χ0n) is 16.1. The lowest BCUT2D eigenvalue weighted by Crippen LogP contribution is -2.09. The monoisotopic (exact) mass is 393 g/mol. The third kappa shape index (κ3) is 3.96. The molecule has 0 radical (unpaired) electrons. The number of methoxy groups -OCH3 is 2. The predicted octanol–water partition coefficient (Wildman–Crippen LogP) is 3.60. The summed E-state index contributed by atoms with van der Waals surface area (Å²) >= 11 is 0. The SMILES string of the molecule is COc1ccc(OC)c(CCNc2ccc3nnc(-c4ccc(F)cc4)n3n2)c1. The average molecular weight is 393 g/mol. The smallest absolute Gasteiger partial charge is 0.185 e. The second kappa shape index (κ2) is 8.14. The Hall–Kier alpha value is -3.68. The number of fused-ring (bicyclic) bond motifs is 1. The second-order valence-electron chi connectivity index (χ2n) is 6.37. The van der Waals surface area contributed by atoms with Crippen molar-refractivity contribution in [2.24, 2.45) is 0 Å². The van der Waals surface area contributed by atoms with Gasteiger partial charge in [0.25, 0.3) is 0 Å². The normalized spacial score (nSPS) is 10.9. The number of nitrogens with one attached hydrogen (secondary N) is 1. The highest BCUT2D eigenvalue weighted by atomic mass is 19.1. The maximum absolute atomic E-state index is 13.2. The van der Waals surface area contributed by atoms with E-state index in [9.17, 15) is 4.39 Å². The molecule has 148 valence electrons. The first-order chi connectivity index (χ1) is 14.2. The third-order valence-corrected chi connectivity index (χ3v) is 4.55. The molecule has 0 amide bonds. The van der Waals surface area contributed by atoms with Crippen LogP contribution in [0.1, 0.15) is 5.56 Å². The maximum atomic E-state index is 13.2. The molecule has 0 aliphatic heterocycles. The van der Waals surface area contributed by atoms with Crippen LogP contribution in [0.4, 0.5) is 10.2 Å². The zero-order valence-corrected chi connectivity index (χ0v) is 16.1. The van der Waals surface area contributed by atoms with E-state index < -0.39 is 0 Å². The van der Waals surface area contributed by atoms with Crippen LogP contribution in [0.5, 0.6) is 11.5 Å². The fourth-order valence-electron chi connectivity index (χ4n) is 3.06. The Morgan fingerprint density at radius 1 is 0.966 bits per heavy atom. The number of benzene rings is 2. The van der Waals surface area contributed by atoms with Crippen LogP contribution in [0.2, 0.25) is 0 Å². The molecule has 0 unspecified atom stereocenters. The molecule has 4 aromatic rings. The fourth-order valence-corrected chi connectivity index (χ4v) is 3.06. The average Bonchev–Trinajstić information content (AvgIpc) is 3.17. The van der Waals surface area contributed by atoms with E-state index in [0.717, 1.165) is 29.0 Å². The molecule has 0 saturated carbocycles. The van der Waals surface area contributed by atoms with Gasteiger partial charge < -0.3 is 14.8 Å². The van der Waals surface area contributed by atoms with Crippen molar-refractivity contribution < 1.29 is 13.9 Å². The van der Waals surface area contributed by atoms with Crippen LogP contribution in [0.25, 0.3) is 17.0 Å². The summed E-state index contributed by atoms with van der Waals surface area (Å²) in [5, 5.41) is 16.2. The molecule has 2 heterocycles. The van der Waals surface area contributed by atoms with E-state index in [1.165, 1.54) is 12.1 Å². The quantitative estimate of drug-likeness (QED) is 0.517. The summed E-state index contributed by atoms with van der Waals surface area (Å²) in [6, 6.07) is 15.5. The van der Waals surface area contributed by atoms with Crippen molar-refractivity contribution in [1.82, 2.24) is 19.8 Å². The van der Waals surface area contributed by atoms with Gasteiger partial charge in [-0.1, -0.05) is 0 Å². The number of ether oxygens (including phenoxy) is 2. The molecule has 0 saturated heterocycles. The summed E-state index contributed by atoms with van der Waals surface area (Å²) in [5.41, 5.74) is 2.39. The van der Waals surface area contributed by atoms with Gasteiger partial charge in [0.2, 0.25) is 0 Å². The van der Waals surface area contributed by atoms with Gasteiger partial charge in [-0.05, 0) is 66.6 Å². The van der Waals surface area contributed by atoms with Crippen LogP contribution in [0, 0.1) is 5.82 Å². The van der Waals surface area contributed by atoms with Crippen molar-refractivity contribution in [1.29, 1.82) is 0 Å². The topological polar surface area (TPSA) is 73.6 Å². The lowest BCUT2D eigenvalue weighted by molar-refractivity contribution is 0.399. The van der Waals surface area contributed by atoms with Crippen molar-refractivity contribution in [2.45, 2.75) is 6.42 Å². The van der Waals surface area contributed by atoms with Crippen molar-refractivity contribution in [2.75, 3.05) is 26.1 Å². The Morgan fingerprint density at radius 3 is 2.55 bits per heavy atom. The van der Waals surface area contributed by atoms with E-state index in [1.54, 1.807) is 30.9 Å². The highest BCUT2D eigenvalue weighted by Crippen LogP contribution is 2.24. The molecule has 4 rings (SSSR count). The first-order valence-electron chi connectivity index (χ1n) is 9.11. The molecule has 1 N–H and O–H groups in total. The van der Waals surface area contributed by atoms with Gasteiger partial charge in [0, 0.05) is 12.1 Å². The molecule has 0 bridgehead atoms. The summed E-state index contributed by atoms with van der Waals surface area (Å²) in [5.74, 6) is 2.54. The second-order valence-corrected chi connectivity index (χ2v) is 6.37. The van der Waals surface area contributed by atoms with Crippen LogP contribution in [0.3, 0.4) is 0 Å². The predicted molar refractivity (Wildman–Crippen MR) is 108 cm³/mol. The van der Waals surface area contributed by atoms with Crippen molar-refractivity contribution in [3.63, 3.8) is 0 Å². The molecule has 0 spiro atoms. The standard InChI is InChI=1S/C21H20FN5O2/c1-28-17-7-8-18(29-2)15(13-17)11-12-23-19-9-10-20-24-25-21(27(20)26-19)14-3-5-16(22)6-4-14/h3-10,13H,11-12H2,1-2H3,(H,23,26). The summed E-state index contributed by atoms with van der Waals surface area (Å²) < 4.78 is 25.6. The molecule has 29 heavy (non-hydrogen) atoms. The van der Waals surface area contributed by atoms with Crippen molar-refractivity contribution in [3.05, 3.63) is 66.0 Å². The highest BCUT2D eigenvalue weighted by molar-refractivity contribution is 5.59. The van der Waals surface area contributed by atoms with Gasteiger partial charge in [-0.25, -0.2) is 4.39 Å². The summed E-state index contributed by atoms with van der Waals surface area (Å²) in [6.45, 7) is 0.649. The summed E-state index contributed by atoms with van der Waals surface area (Å²) in [4.78, 5) is 0. The van der Waals surface area contributed by atoms with Crippen LogP contribution < -0.4 is 14.8 Å². The Kier molecular flexibility index (Phi) is 5.24. The molecule has 0 atom stereocenters. The highest BCUT2D eigenvalue weighted by Gasteiger charge is 2.11. The van der Waals surface area contributed by atoms with Gasteiger partial charge in [0.1, 0.15) is 23.1 Å². The van der Waals surface area contributed by atoms with E-state index in [-0.39, 0.29) is 5.82 Å². The largest absolute Gasteiger partial charge is 0.497 e. The minimum atomic E-state index is -0.300. The van der Waals surface area contributed by atoms with Gasteiger partial charge in [0.15, 0.2) is 11.5 Å². The Morgan fingerprint density at radius 2 is 1.79 bits per heavy atom. The summed E-state index contributed by atoms with van der Waals surface area (Å²) in [6.07, 6.45) is 0.729. The number of anilines is 1. The number of aromatic nitrogens is 4. The van der Waals surface area contributed by atoms with E-state index in [1.807, 2.05) is 30.3 Å². The summed E-state index contributed by atoms with van der Waals surface area (Å²) in [7, 11) is 3.29. The lowest BCUT2D eigenvalue weighted by atomic mass is 10.1. The maximum Gasteiger partial charge on any atom is 0.185 e. The molecule has 0 aliphatic rings. The van der Waals surface area contributed by atoms with Crippen LogP contribution in [-0.2, 0) is 6.42 Å². The first-order valence-corrected chi connectivity index (χ1v) is 9.11. The molecule has 0 fully saturated rings. The first kappa shape index (κ1) is 18.7. The van der Waals surface area contributed by atoms with Crippen molar-refractivity contribution >= 4 is 11.5 Å². The zero-order chi connectivity index (χ0) is 20.2. The van der Waals surface area contributed by atoms with Crippen LogP contribution in [0.15, 0.2) is 54.6 Å². The molecule has 8 heteroatoms. The van der Waals surface area contributed by atoms with E-state index in [4.69, 9.17) is 9.47 Å². The molecule has 7 nitrogen and oxygen atoms in total. The molecule has 2 aromatic carbocycles. The molecular weight excluding hydrogens is 373 g/mol. The van der Waals surface area contributed by atoms with Gasteiger partial charge in [-0.2, -0.15) is 4.52 Å². The number of hydrogen-bond donors (Lipinski definition) is 1. The van der Waals surface area contributed by atoms with E-state index in [0.29, 0.717) is 23.8 Å². The number of nitrogens with zero attached hydrogens (tertiary/aromatic N) is 4. The fraction of sp³-hybridized carbons (Fsp3) is 0.190. The third-order valence-electron chi connectivity index (χ3n) is 4.55. The van der Waals surface area contributed by atoms with Gasteiger partial charge in [-0.3, -0.25) is 0 Å². The van der Waals surface area contributed by atoms with Crippen LogP contribution >= 0.6 is 0 Å². The molecule has 0 aliphatic carbocycles. The lowest BCUT2D eigenvalue weighted by Gasteiger charge is -2.11.